The van der Waals surface area contributed by atoms with Crippen LogP contribution in [0.15, 0.2) is 40.8 Å². The van der Waals surface area contributed by atoms with Gasteiger partial charge in [-0.2, -0.15) is 23.5 Å². The lowest BCUT2D eigenvalue weighted by atomic mass is 9.76. The predicted octanol–water partition coefficient (Wildman–Crippen LogP) is 2.10. The number of nitrogens with zero attached hydrogens (tertiary/aromatic N) is 2. The van der Waals surface area contributed by atoms with Crippen LogP contribution in [-0.4, -0.2) is 18.1 Å². The van der Waals surface area contributed by atoms with Crippen LogP contribution in [0.1, 0.15) is 11.5 Å². The first kappa shape index (κ1) is 15.1. The van der Waals surface area contributed by atoms with Crippen LogP contribution in [0.2, 0.25) is 0 Å². The van der Waals surface area contributed by atoms with E-state index >= 15 is 0 Å². The van der Waals surface area contributed by atoms with Crippen molar-refractivity contribution in [3.8, 4) is 6.07 Å². The van der Waals surface area contributed by atoms with Gasteiger partial charge in [0.05, 0.1) is 11.5 Å². The van der Waals surface area contributed by atoms with E-state index in [0.717, 1.165) is 12.1 Å². The predicted molar refractivity (Wildman–Crippen MR) is 71.0 cm³/mol. The zero-order chi connectivity index (χ0) is 16.8. The molecule has 9 heteroatoms. The normalized spacial score (nSPS) is 26.7. The maximum absolute atomic E-state index is 13.2. The molecule has 120 valence electrons. The number of ether oxygens (including phenoxy) is 1. The quantitative estimate of drug-likeness (QED) is 0.774. The highest BCUT2D eigenvalue weighted by Gasteiger charge is 2.55. The summed E-state index contributed by atoms with van der Waals surface area (Å²) >= 11 is 0. The van der Waals surface area contributed by atoms with Gasteiger partial charge in [-0.25, -0.2) is 4.39 Å². The number of benzene rings is 1. The molecule has 0 aromatic heterocycles. The fourth-order valence-electron chi connectivity index (χ4n) is 2.82. The number of halogens is 4. The van der Waals surface area contributed by atoms with Crippen molar-refractivity contribution in [1.29, 1.82) is 5.26 Å². The fourth-order valence-corrected chi connectivity index (χ4v) is 2.82. The first-order valence-corrected chi connectivity index (χ1v) is 6.55. The van der Waals surface area contributed by atoms with Crippen molar-refractivity contribution in [2.45, 2.75) is 18.3 Å². The molecule has 0 amide bonds. The largest absolute Gasteiger partial charge is 0.453 e. The second kappa shape index (κ2) is 5.15. The molecule has 0 fully saturated rings. The molecule has 0 saturated heterocycles. The number of nitriles is 1. The lowest BCUT2D eigenvalue weighted by molar-refractivity contribution is -0.0661. The Morgan fingerprint density at radius 1 is 1.26 bits per heavy atom. The van der Waals surface area contributed by atoms with E-state index in [1.54, 1.807) is 6.07 Å². The van der Waals surface area contributed by atoms with Crippen molar-refractivity contribution < 1.29 is 22.3 Å². The third-order valence-corrected chi connectivity index (χ3v) is 3.78. The molecule has 0 unspecified atom stereocenters. The average molecular weight is 326 g/mol. The van der Waals surface area contributed by atoms with Gasteiger partial charge in [-0.1, -0.05) is 12.1 Å². The van der Waals surface area contributed by atoms with Crippen LogP contribution in [0.3, 0.4) is 0 Å². The van der Waals surface area contributed by atoms with E-state index in [0.29, 0.717) is 5.56 Å². The van der Waals surface area contributed by atoms with E-state index in [9.17, 15) is 22.8 Å². The monoisotopic (exact) mass is 326 g/mol. The van der Waals surface area contributed by atoms with Gasteiger partial charge in [-0.15, -0.1) is 0 Å². The molecule has 1 aromatic carbocycles. The summed E-state index contributed by atoms with van der Waals surface area (Å²) in [5.41, 5.74) is 6.99. The molecule has 2 aliphatic heterocycles. The Bertz CT molecular complexity index is 733. The molecule has 2 heterocycles. The summed E-state index contributed by atoms with van der Waals surface area (Å²) in [4.78, 5) is 0. The van der Waals surface area contributed by atoms with Gasteiger partial charge in [0.2, 0.25) is 5.88 Å². The molecular weight excluding hydrogens is 316 g/mol. The number of allylic oxidation sites excluding steroid dienone is 1. The fraction of sp³-hybridized carbons (Fsp3) is 0.286. The number of hydrogen-bond acceptors (Lipinski definition) is 5. The zero-order valence-corrected chi connectivity index (χ0v) is 11.4. The molecule has 3 atom stereocenters. The lowest BCUT2D eigenvalue weighted by Crippen LogP contribution is -2.45. The van der Waals surface area contributed by atoms with E-state index < -0.39 is 35.8 Å². The van der Waals surface area contributed by atoms with Crippen molar-refractivity contribution in [3.05, 3.63) is 47.1 Å². The standard InChI is InChI=1S/C14H10F4N4O/c15-7-3-1-6(2-4-7)9-8(5-19)12(20)23-13-10(9)11(21-22-13)14(16,17)18/h1-4,9-10,13,22H,20H2/t9-,10+,13+/m1/s1. The van der Waals surface area contributed by atoms with Crippen molar-refractivity contribution >= 4 is 5.71 Å². The summed E-state index contributed by atoms with van der Waals surface area (Å²) < 4.78 is 57.8. The Hall–Kier alpha value is -2.76. The van der Waals surface area contributed by atoms with Gasteiger partial charge >= 0.3 is 6.18 Å². The summed E-state index contributed by atoms with van der Waals surface area (Å²) in [5.74, 6) is -3.13. The average Bonchev–Trinajstić information content (AvgIpc) is 2.90. The third-order valence-electron chi connectivity index (χ3n) is 3.78. The Morgan fingerprint density at radius 3 is 2.48 bits per heavy atom. The van der Waals surface area contributed by atoms with Crippen LogP contribution < -0.4 is 11.2 Å². The Kier molecular flexibility index (Phi) is 3.39. The van der Waals surface area contributed by atoms with Crippen LogP contribution >= 0.6 is 0 Å². The number of rotatable bonds is 1. The van der Waals surface area contributed by atoms with Crippen LogP contribution in [0.5, 0.6) is 0 Å². The van der Waals surface area contributed by atoms with Gasteiger partial charge in [0.15, 0.2) is 11.9 Å². The minimum absolute atomic E-state index is 0.140. The van der Waals surface area contributed by atoms with E-state index in [1.165, 1.54) is 12.1 Å². The first-order chi connectivity index (χ1) is 10.8. The van der Waals surface area contributed by atoms with Gasteiger partial charge in [-0.05, 0) is 17.7 Å². The Balaban J connectivity index is 2.13. The molecule has 0 aliphatic carbocycles. The molecule has 23 heavy (non-hydrogen) atoms. The maximum Gasteiger partial charge on any atom is 0.431 e. The molecule has 0 spiro atoms. The summed E-state index contributed by atoms with van der Waals surface area (Å²) in [7, 11) is 0. The number of fused-ring (bicyclic) bond motifs is 1. The maximum atomic E-state index is 13.2. The Morgan fingerprint density at radius 2 is 1.91 bits per heavy atom. The minimum atomic E-state index is -4.69. The number of hydrogen-bond donors (Lipinski definition) is 2. The molecular formula is C14H10F4N4O. The molecule has 2 aliphatic rings. The van der Waals surface area contributed by atoms with Gasteiger partial charge < -0.3 is 10.5 Å². The second-order valence-corrected chi connectivity index (χ2v) is 5.11. The second-order valence-electron chi connectivity index (χ2n) is 5.11. The van der Waals surface area contributed by atoms with E-state index in [4.69, 9.17) is 10.5 Å². The summed E-state index contributed by atoms with van der Waals surface area (Å²) in [5, 5.41) is 12.6. The molecule has 5 nitrogen and oxygen atoms in total. The lowest BCUT2D eigenvalue weighted by Gasteiger charge is -2.34. The van der Waals surface area contributed by atoms with Gasteiger partial charge in [0.25, 0.3) is 0 Å². The number of nitrogens with one attached hydrogen (secondary N) is 1. The summed E-state index contributed by atoms with van der Waals surface area (Å²) in [6, 6.07) is 6.64. The molecule has 0 saturated carbocycles. The van der Waals surface area contributed by atoms with Crippen molar-refractivity contribution in [3.63, 3.8) is 0 Å². The van der Waals surface area contributed by atoms with Crippen molar-refractivity contribution in [2.24, 2.45) is 16.8 Å². The van der Waals surface area contributed by atoms with Crippen LogP contribution in [-0.2, 0) is 4.74 Å². The van der Waals surface area contributed by atoms with E-state index in [-0.39, 0.29) is 11.5 Å². The number of alkyl halides is 3. The van der Waals surface area contributed by atoms with Crippen LogP contribution in [0.25, 0.3) is 0 Å². The van der Waals surface area contributed by atoms with Crippen LogP contribution in [0, 0.1) is 23.1 Å². The minimum Gasteiger partial charge on any atom is -0.453 e. The Labute approximate surface area is 128 Å². The zero-order valence-electron chi connectivity index (χ0n) is 11.4. The molecule has 3 rings (SSSR count). The van der Waals surface area contributed by atoms with Crippen molar-refractivity contribution in [1.82, 2.24) is 5.43 Å². The smallest absolute Gasteiger partial charge is 0.431 e. The van der Waals surface area contributed by atoms with E-state index in [1.807, 2.05) is 0 Å². The highest BCUT2D eigenvalue weighted by atomic mass is 19.4. The van der Waals surface area contributed by atoms with Gasteiger partial charge in [0.1, 0.15) is 11.9 Å². The highest BCUT2D eigenvalue weighted by Crippen LogP contribution is 2.44. The summed E-state index contributed by atoms with van der Waals surface area (Å²) in [6.45, 7) is 0. The van der Waals surface area contributed by atoms with Crippen LogP contribution in [0.4, 0.5) is 17.6 Å². The first-order valence-electron chi connectivity index (χ1n) is 6.55. The van der Waals surface area contributed by atoms with Crippen molar-refractivity contribution in [2.75, 3.05) is 0 Å². The number of nitrogens with two attached hydrogens (primary N) is 1. The summed E-state index contributed by atoms with van der Waals surface area (Å²) in [6.07, 6.45) is -5.83. The molecule has 0 bridgehead atoms. The van der Waals surface area contributed by atoms with Gasteiger partial charge in [0, 0.05) is 5.92 Å². The number of hydrazone groups is 1. The molecule has 0 radical (unpaired) electrons. The SMILES string of the molecule is N#CC1=C(N)O[C@@H]2NN=C(C(F)(F)F)[C@@H]2[C@@H]1c1ccc(F)cc1. The topological polar surface area (TPSA) is 83.4 Å². The molecule has 1 aromatic rings. The van der Waals surface area contributed by atoms with E-state index in [2.05, 4.69) is 10.5 Å². The highest BCUT2D eigenvalue weighted by molar-refractivity contribution is 5.94. The third kappa shape index (κ3) is 2.46. The van der Waals surface area contributed by atoms with Gasteiger partial charge in [-0.3, -0.25) is 5.43 Å². The molecule has 3 N–H and O–H groups in total.